The maximum absolute atomic E-state index is 6.04. The third-order valence-corrected chi connectivity index (χ3v) is 4.04. The molecule has 2 nitrogen and oxygen atoms in total. The molecule has 3 heteroatoms. The summed E-state index contributed by atoms with van der Waals surface area (Å²) < 4.78 is 12.0. The van der Waals surface area contributed by atoms with E-state index in [2.05, 4.69) is 0 Å². The van der Waals surface area contributed by atoms with Gasteiger partial charge in [-0.3, -0.25) is 0 Å². The van der Waals surface area contributed by atoms with Crippen molar-refractivity contribution in [3.05, 3.63) is 102 Å². The third-order valence-electron chi connectivity index (χ3n) is 3.86. The van der Waals surface area contributed by atoms with Crippen molar-refractivity contribution in [2.24, 2.45) is 0 Å². The smallest absolute Gasteiger partial charge is 0.130 e. The van der Waals surface area contributed by atoms with Crippen LogP contribution in [0.4, 0.5) is 0 Å². The van der Waals surface area contributed by atoms with Crippen LogP contribution >= 0.6 is 11.6 Å². The maximum Gasteiger partial charge on any atom is 0.130 e. The molecule has 3 rings (SSSR count). The van der Waals surface area contributed by atoms with Crippen LogP contribution in [-0.2, 0) is 13.2 Å². The molecule has 0 unspecified atom stereocenters. The van der Waals surface area contributed by atoms with Crippen molar-refractivity contribution in [3.8, 4) is 11.5 Å². The second-order valence-electron chi connectivity index (χ2n) is 5.80. The molecule has 0 radical (unpaired) electrons. The van der Waals surface area contributed by atoms with E-state index < -0.39 is 0 Å². The predicted molar refractivity (Wildman–Crippen MR) is 108 cm³/mol. The van der Waals surface area contributed by atoms with Crippen LogP contribution in [-0.4, -0.2) is 5.88 Å². The van der Waals surface area contributed by atoms with E-state index in [1.807, 2.05) is 91.0 Å². The van der Waals surface area contributed by atoms with Crippen molar-refractivity contribution in [3.63, 3.8) is 0 Å². The van der Waals surface area contributed by atoms with E-state index in [4.69, 9.17) is 21.1 Å². The van der Waals surface area contributed by atoms with E-state index in [1.165, 1.54) is 0 Å². The fourth-order valence-corrected chi connectivity index (χ4v) is 2.60. The Morgan fingerprint density at radius 3 is 1.96 bits per heavy atom. The Morgan fingerprint density at radius 1 is 0.731 bits per heavy atom. The van der Waals surface area contributed by atoms with Gasteiger partial charge in [-0.05, 0) is 23.3 Å². The minimum absolute atomic E-state index is 0.463. The molecule has 0 fully saturated rings. The van der Waals surface area contributed by atoms with Gasteiger partial charge in [-0.2, -0.15) is 0 Å². The molecular weight excluding hydrogens is 344 g/mol. The molecule has 0 atom stereocenters. The zero-order valence-electron chi connectivity index (χ0n) is 14.5. The van der Waals surface area contributed by atoms with Gasteiger partial charge >= 0.3 is 0 Å². The Balaban J connectivity index is 1.73. The largest absolute Gasteiger partial charge is 0.489 e. The molecule has 3 aromatic rings. The highest BCUT2D eigenvalue weighted by molar-refractivity contribution is 6.19. The average molecular weight is 365 g/mol. The SMILES string of the molecule is ClC/C=C/c1ccc(OCc2ccccc2)cc1OCc1ccccc1. The van der Waals surface area contributed by atoms with Crippen LogP contribution in [0.2, 0.25) is 0 Å². The fraction of sp³-hybridized carbons (Fsp3) is 0.130. The van der Waals surface area contributed by atoms with E-state index in [-0.39, 0.29) is 0 Å². The predicted octanol–water partition coefficient (Wildman–Crippen LogP) is 6.10. The van der Waals surface area contributed by atoms with Crippen molar-refractivity contribution in [2.75, 3.05) is 5.88 Å². The standard InChI is InChI=1S/C23H21ClO2/c24-15-7-12-21-13-14-22(25-17-19-8-3-1-4-9-19)16-23(21)26-18-20-10-5-2-6-11-20/h1-14,16H,15,17-18H2/b12-7+. The van der Waals surface area contributed by atoms with E-state index in [0.717, 1.165) is 28.2 Å². The topological polar surface area (TPSA) is 18.5 Å². The summed E-state index contributed by atoms with van der Waals surface area (Å²) in [4.78, 5) is 0. The second kappa shape index (κ2) is 9.69. The number of hydrogen-bond donors (Lipinski definition) is 0. The number of halogens is 1. The van der Waals surface area contributed by atoms with Crippen LogP contribution in [0.1, 0.15) is 16.7 Å². The number of hydrogen-bond acceptors (Lipinski definition) is 2. The van der Waals surface area contributed by atoms with E-state index in [0.29, 0.717) is 19.1 Å². The third kappa shape index (κ3) is 5.40. The summed E-state index contributed by atoms with van der Waals surface area (Å²) in [5.74, 6) is 2.02. The molecule has 0 amide bonds. The summed E-state index contributed by atoms with van der Waals surface area (Å²) >= 11 is 5.77. The van der Waals surface area contributed by atoms with Gasteiger partial charge < -0.3 is 9.47 Å². The summed E-state index contributed by atoms with van der Waals surface area (Å²) in [5.41, 5.74) is 3.23. The van der Waals surface area contributed by atoms with Crippen molar-refractivity contribution in [1.29, 1.82) is 0 Å². The van der Waals surface area contributed by atoms with Crippen LogP contribution in [0.25, 0.3) is 6.08 Å². The molecule has 0 aliphatic carbocycles. The molecule has 0 aliphatic rings. The zero-order chi connectivity index (χ0) is 18.0. The zero-order valence-corrected chi connectivity index (χ0v) is 15.2. The molecule has 0 spiro atoms. The lowest BCUT2D eigenvalue weighted by Gasteiger charge is -2.13. The van der Waals surface area contributed by atoms with Gasteiger partial charge in [0.05, 0.1) is 0 Å². The molecule has 0 bridgehead atoms. The highest BCUT2D eigenvalue weighted by atomic mass is 35.5. The monoisotopic (exact) mass is 364 g/mol. The molecule has 0 aliphatic heterocycles. The first kappa shape index (κ1) is 18.1. The number of allylic oxidation sites excluding steroid dienone is 1. The van der Waals surface area contributed by atoms with E-state index >= 15 is 0 Å². The molecule has 0 saturated carbocycles. The fourth-order valence-electron chi connectivity index (χ4n) is 2.51. The Bertz CT molecular complexity index is 829. The van der Waals surface area contributed by atoms with Gasteiger partial charge in [0.25, 0.3) is 0 Å². The molecule has 26 heavy (non-hydrogen) atoms. The Kier molecular flexibility index (Phi) is 6.74. The molecular formula is C23H21ClO2. The number of benzene rings is 3. The maximum atomic E-state index is 6.04. The van der Waals surface area contributed by atoms with Crippen molar-refractivity contribution in [2.45, 2.75) is 13.2 Å². The lowest BCUT2D eigenvalue weighted by Crippen LogP contribution is -1.99. The summed E-state index contributed by atoms with van der Waals surface area (Å²) in [6.07, 6.45) is 3.87. The summed E-state index contributed by atoms with van der Waals surface area (Å²) in [5, 5.41) is 0. The molecule has 3 aromatic carbocycles. The molecule has 0 N–H and O–H groups in total. The van der Waals surface area contributed by atoms with Gasteiger partial charge in [0, 0.05) is 17.5 Å². The van der Waals surface area contributed by atoms with Gasteiger partial charge in [-0.25, -0.2) is 0 Å². The van der Waals surface area contributed by atoms with Crippen LogP contribution in [0.5, 0.6) is 11.5 Å². The Morgan fingerprint density at radius 2 is 1.35 bits per heavy atom. The summed E-state index contributed by atoms with van der Waals surface area (Å²) in [6.45, 7) is 1.03. The summed E-state index contributed by atoms with van der Waals surface area (Å²) in [6, 6.07) is 26.1. The first-order chi connectivity index (χ1) is 12.8. The first-order valence-electron chi connectivity index (χ1n) is 8.55. The molecule has 132 valence electrons. The lowest BCUT2D eigenvalue weighted by molar-refractivity contribution is 0.289. The molecule has 0 saturated heterocycles. The number of rotatable bonds is 8. The van der Waals surface area contributed by atoms with Crippen LogP contribution in [0.3, 0.4) is 0 Å². The van der Waals surface area contributed by atoms with Gasteiger partial charge in [-0.15, -0.1) is 11.6 Å². The second-order valence-corrected chi connectivity index (χ2v) is 6.11. The quantitative estimate of drug-likeness (QED) is 0.450. The Hall–Kier alpha value is -2.71. The van der Waals surface area contributed by atoms with E-state index in [1.54, 1.807) is 0 Å². The minimum atomic E-state index is 0.463. The first-order valence-corrected chi connectivity index (χ1v) is 9.08. The van der Waals surface area contributed by atoms with Crippen LogP contribution in [0, 0.1) is 0 Å². The average Bonchev–Trinajstić information content (AvgIpc) is 2.71. The minimum Gasteiger partial charge on any atom is -0.489 e. The van der Waals surface area contributed by atoms with Crippen molar-refractivity contribution in [1.82, 2.24) is 0 Å². The van der Waals surface area contributed by atoms with Gasteiger partial charge in [-0.1, -0.05) is 72.8 Å². The number of alkyl halides is 1. The van der Waals surface area contributed by atoms with Crippen LogP contribution in [0.15, 0.2) is 84.9 Å². The van der Waals surface area contributed by atoms with Crippen LogP contribution < -0.4 is 9.47 Å². The van der Waals surface area contributed by atoms with Gasteiger partial charge in [0.15, 0.2) is 0 Å². The lowest BCUT2D eigenvalue weighted by atomic mass is 10.1. The highest BCUT2D eigenvalue weighted by Crippen LogP contribution is 2.27. The van der Waals surface area contributed by atoms with Gasteiger partial charge in [0.2, 0.25) is 0 Å². The van der Waals surface area contributed by atoms with Crippen molar-refractivity contribution >= 4 is 17.7 Å². The van der Waals surface area contributed by atoms with E-state index in [9.17, 15) is 0 Å². The Labute approximate surface area is 159 Å². The summed E-state index contributed by atoms with van der Waals surface area (Å²) in [7, 11) is 0. The molecule has 0 aromatic heterocycles. The van der Waals surface area contributed by atoms with Crippen molar-refractivity contribution < 1.29 is 9.47 Å². The normalized spacial score (nSPS) is 10.8. The number of ether oxygens (including phenoxy) is 2. The molecule has 0 heterocycles. The van der Waals surface area contributed by atoms with Gasteiger partial charge in [0.1, 0.15) is 24.7 Å². The highest BCUT2D eigenvalue weighted by Gasteiger charge is 2.05.